The average Bonchev–Trinajstić information content (AvgIpc) is 3.22. The van der Waals surface area contributed by atoms with Crippen molar-refractivity contribution in [1.82, 2.24) is 34.6 Å². The molecule has 4 unspecified atom stereocenters. The summed E-state index contributed by atoms with van der Waals surface area (Å²) in [6.07, 6.45) is 10.6. The van der Waals surface area contributed by atoms with Gasteiger partial charge in [-0.1, -0.05) is 13.0 Å². The molecule has 1 N–H and O–H groups in total. The Morgan fingerprint density at radius 2 is 2.06 bits per heavy atom. The molecule has 1 saturated heterocycles. The van der Waals surface area contributed by atoms with Crippen molar-refractivity contribution in [2.24, 2.45) is 11.8 Å². The van der Waals surface area contributed by atoms with E-state index in [1.54, 1.807) is 0 Å². The molecule has 9 heteroatoms. The van der Waals surface area contributed by atoms with Gasteiger partial charge < -0.3 is 9.13 Å². The molecule has 7 rings (SSSR count). The summed E-state index contributed by atoms with van der Waals surface area (Å²) in [5.41, 5.74) is 1.99. The fourth-order valence-corrected chi connectivity index (χ4v) is 6.14. The highest BCUT2D eigenvalue weighted by atomic mass is 16.2. The zero-order valence-electron chi connectivity index (χ0n) is 19.5. The van der Waals surface area contributed by atoms with Gasteiger partial charge in [0.25, 0.3) is 0 Å². The van der Waals surface area contributed by atoms with Gasteiger partial charge in [-0.3, -0.25) is 15.0 Å². The van der Waals surface area contributed by atoms with Gasteiger partial charge in [-0.15, -0.1) is 10.2 Å². The van der Waals surface area contributed by atoms with Crippen molar-refractivity contribution in [3.63, 3.8) is 0 Å². The van der Waals surface area contributed by atoms with Gasteiger partial charge in [0.15, 0.2) is 5.82 Å². The molecule has 4 atom stereocenters. The van der Waals surface area contributed by atoms with E-state index >= 15 is 0 Å². The Morgan fingerprint density at radius 3 is 2.94 bits per heavy atom. The van der Waals surface area contributed by atoms with Crippen LogP contribution in [0.15, 0.2) is 30.7 Å². The number of fused-ring (bicyclic) bond motifs is 2. The van der Waals surface area contributed by atoms with Gasteiger partial charge in [0.2, 0.25) is 5.91 Å². The number of hydrogen-bond acceptors (Lipinski definition) is 6. The lowest BCUT2D eigenvalue weighted by molar-refractivity contribution is -0.127. The molecule has 1 amide bonds. The van der Waals surface area contributed by atoms with Gasteiger partial charge in [0, 0.05) is 37.2 Å². The van der Waals surface area contributed by atoms with Crippen LogP contribution in [0.25, 0.3) is 11.5 Å². The molecule has 0 aromatic carbocycles. The number of anilines is 1. The number of nitrogens with one attached hydrogen (secondary N) is 1. The van der Waals surface area contributed by atoms with Gasteiger partial charge in [-0.25, -0.2) is 9.97 Å². The Kier molecular flexibility index (Phi) is 4.62. The first kappa shape index (κ1) is 20.3. The first-order valence-electron chi connectivity index (χ1n) is 12.6. The molecule has 0 spiro atoms. The number of rotatable bonds is 4. The third-order valence-corrected chi connectivity index (χ3v) is 8.21. The number of aromatic nitrogens is 6. The Labute approximate surface area is 198 Å². The average molecular weight is 459 g/mol. The van der Waals surface area contributed by atoms with E-state index in [0.29, 0.717) is 30.4 Å². The third kappa shape index (κ3) is 3.28. The molecule has 176 valence electrons. The first-order valence-corrected chi connectivity index (χ1v) is 12.6. The maximum atomic E-state index is 13.7. The molecule has 34 heavy (non-hydrogen) atoms. The molecule has 0 radical (unpaired) electrons. The Balaban J connectivity index is 1.14. The Morgan fingerprint density at radius 1 is 1.15 bits per heavy atom. The van der Waals surface area contributed by atoms with E-state index < -0.39 is 0 Å². The van der Waals surface area contributed by atoms with Crippen molar-refractivity contribution in [2.75, 3.05) is 11.6 Å². The van der Waals surface area contributed by atoms with E-state index in [4.69, 9.17) is 4.98 Å². The van der Waals surface area contributed by atoms with Gasteiger partial charge >= 0.3 is 0 Å². The number of hydrogen-bond donors (Lipinski definition) is 1. The fourth-order valence-electron chi connectivity index (χ4n) is 6.14. The second-order valence-electron chi connectivity index (χ2n) is 10.5. The van der Waals surface area contributed by atoms with Crippen molar-refractivity contribution in [3.05, 3.63) is 42.2 Å². The maximum Gasteiger partial charge on any atom is 0.234 e. The highest BCUT2D eigenvalue weighted by Crippen LogP contribution is 2.43. The molecule has 3 fully saturated rings. The van der Waals surface area contributed by atoms with Crippen LogP contribution in [0.1, 0.15) is 62.5 Å². The van der Waals surface area contributed by atoms with Crippen LogP contribution in [-0.4, -0.2) is 47.9 Å². The largest absolute Gasteiger partial charge is 0.334 e. The summed E-state index contributed by atoms with van der Waals surface area (Å²) in [6, 6.07) is 6.35. The van der Waals surface area contributed by atoms with Crippen LogP contribution in [0.2, 0.25) is 0 Å². The summed E-state index contributed by atoms with van der Waals surface area (Å²) in [5, 5.41) is 12.3. The lowest BCUT2D eigenvalue weighted by atomic mass is 9.74. The predicted molar refractivity (Wildman–Crippen MR) is 126 cm³/mol. The molecule has 3 aromatic heterocycles. The van der Waals surface area contributed by atoms with Crippen molar-refractivity contribution < 1.29 is 4.79 Å². The lowest BCUT2D eigenvalue weighted by Crippen LogP contribution is -2.60. The van der Waals surface area contributed by atoms with Gasteiger partial charge in [-0.05, 0) is 50.2 Å². The Hall–Kier alpha value is -3.07. The topological polar surface area (TPSA) is 93.8 Å². The summed E-state index contributed by atoms with van der Waals surface area (Å²) in [6.45, 7) is 3.72. The number of pyridine rings is 1. The molecule has 4 aliphatic rings. The SMILES string of the molecule is CC1CC2NCN(c3cccc(-c4nnc5n4CCC5)n3)C(=O)C2CC1n1cnc(C2CC2)c1. The minimum Gasteiger partial charge on any atom is -0.334 e. The first-order chi connectivity index (χ1) is 16.7. The quantitative estimate of drug-likeness (QED) is 0.646. The molecule has 2 aliphatic heterocycles. The van der Waals surface area contributed by atoms with E-state index in [-0.39, 0.29) is 17.9 Å². The molecular formula is C25H30N8O. The molecule has 9 nitrogen and oxygen atoms in total. The number of imidazole rings is 1. The van der Waals surface area contributed by atoms with Crippen LogP contribution in [0.4, 0.5) is 5.82 Å². The van der Waals surface area contributed by atoms with Gasteiger partial charge in [0.05, 0.1) is 24.6 Å². The molecule has 0 bridgehead atoms. The lowest BCUT2D eigenvalue weighted by Gasteiger charge is -2.45. The summed E-state index contributed by atoms with van der Waals surface area (Å²) in [5.74, 6) is 3.73. The number of amides is 1. The third-order valence-electron chi connectivity index (χ3n) is 8.21. The second kappa shape index (κ2) is 7.73. The van der Waals surface area contributed by atoms with E-state index in [1.807, 2.05) is 29.4 Å². The summed E-state index contributed by atoms with van der Waals surface area (Å²) >= 11 is 0. The predicted octanol–water partition coefficient (Wildman–Crippen LogP) is 2.91. The summed E-state index contributed by atoms with van der Waals surface area (Å²) < 4.78 is 4.41. The van der Waals surface area contributed by atoms with E-state index in [0.717, 1.165) is 49.6 Å². The van der Waals surface area contributed by atoms with Crippen molar-refractivity contribution in [3.8, 4) is 11.5 Å². The number of carbonyl (C=O) groups is 1. The van der Waals surface area contributed by atoms with Crippen molar-refractivity contribution >= 4 is 11.7 Å². The van der Waals surface area contributed by atoms with Crippen LogP contribution >= 0.6 is 0 Å². The van der Waals surface area contributed by atoms with Crippen molar-refractivity contribution in [1.29, 1.82) is 0 Å². The number of aryl methyl sites for hydroxylation is 1. The number of nitrogens with zero attached hydrogens (tertiary/aromatic N) is 7. The standard InChI is InChI=1S/C25H30N8O/c1-15-10-19-17(11-21(15)31-12-20(26-13-31)16-7-8-16)25(34)33(14-27-19)22-5-2-4-18(28-22)24-30-29-23-6-3-9-32(23)24/h2,4-5,12-13,15-17,19,21,27H,3,6-11,14H2,1H3. The molecule has 5 heterocycles. The smallest absolute Gasteiger partial charge is 0.234 e. The van der Waals surface area contributed by atoms with Crippen LogP contribution in [0, 0.1) is 11.8 Å². The summed E-state index contributed by atoms with van der Waals surface area (Å²) in [7, 11) is 0. The van der Waals surface area contributed by atoms with E-state index in [1.165, 1.54) is 18.5 Å². The molecular weight excluding hydrogens is 428 g/mol. The maximum absolute atomic E-state index is 13.7. The zero-order chi connectivity index (χ0) is 22.8. The van der Waals surface area contributed by atoms with E-state index in [2.05, 4.69) is 42.8 Å². The number of carbonyl (C=O) groups excluding carboxylic acids is 1. The fraction of sp³-hybridized carbons (Fsp3) is 0.560. The van der Waals surface area contributed by atoms with Gasteiger partial charge in [0.1, 0.15) is 17.3 Å². The summed E-state index contributed by atoms with van der Waals surface area (Å²) in [4.78, 5) is 25.1. The minimum absolute atomic E-state index is 0.0653. The van der Waals surface area contributed by atoms with Crippen LogP contribution in [0.3, 0.4) is 0 Å². The van der Waals surface area contributed by atoms with Crippen molar-refractivity contribution in [2.45, 2.75) is 70.0 Å². The highest BCUT2D eigenvalue weighted by molar-refractivity contribution is 5.95. The van der Waals surface area contributed by atoms with Crippen LogP contribution in [0.5, 0.6) is 0 Å². The molecule has 2 aliphatic carbocycles. The minimum atomic E-state index is -0.0653. The second-order valence-corrected chi connectivity index (χ2v) is 10.5. The normalized spacial score (nSPS) is 28.7. The van der Waals surface area contributed by atoms with Crippen LogP contribution < -0.4 is 10.2 Å². The Bertz CT molecular complexity index is 1240. The van der Waals surface area contributed by atoms with Gasteiger partial charge in [-0.2, -0.15) is 0 Å². The molecule has 2 saturated carbocycles. The molecule has 3 aromatic rings. The zero-order valence-corrected chi connectivity index (χ0v) is 19.5. The van der Waals surface area contributed by atoms with E-state index in [9.17, 15) is 4.79 Å². The monoisotopic (exact) mass is 458 g/mol. The highest BCUT2D eigenvalue weighted by Gasteiger charge is 2.44. The van der Waals surface area contributed by atoms with Crippen LogP contribution in [-0.2, 0) is 17.8 Å².